The highest BCUT2D eigenvalue weighted by molar-refractivity contribution is 6.27. The molecule has 0 spiro atoms. The normalized spacial score (nSPS) is 16.1. The van der Waals surface area contributed by atoms with Gasteiger partial charge in [0.2, 0.25) is 0 Å². The second-order valence-corrected chi connectivity index (χ2v) is 9.95. The van der Waals surface area contributed by atoms with E-state index in [2.05, 4.69) is 5.32 Å². The van der Waals surface area contributed by atoms with Gasteiger partial charge in [-0.3, -0.25) is 24.6 Å². The van der Waals surface area contributed by atoms with Crippen molar-refractivity contribution in [3.8, 4) is 0 Å². The second-order valence-electron chi connectivity index (χ2n) is 9.95. The van der Waals surface area contributed by atoms with E-state index in [0.717, 1.165) is 4.90 Å². The van der Waals surface area contributed by atoms with E-state index < -0.39 is 28.4 Å². The molecule has 1 N–H and O–H groups in total. The topological polar surface area (TPSA) is 125 Å². The number of anilines is 1. The van der Waals surface area contributed by atoms with E-state index in [1.165, 1.54) is 6.07 Å². The van der Waals surface area contributed by atoms with Gasteiger partial charge in [-0.05, 0) is 46.9 Å². The number of nitrogens with zero attached hydrogens (tertiary/aromatic N) is 4. The summed E-state index contributed by atoms with van der Waals surface area (Å²) in [4.78, 5) is 55.2. The Morgan fingerprint density at radius 1 is 1.11 bits per heavy atom. The first-order valence-electron chi connectivity index (χ1n) is 12.0. The van der Waals surface area contributed by atoms with Crippen LogP contribution in [0.3, 0.4) is 0 Å². The van der Waals surface area contributed by atoms with Crippen molar-refractivity contribution < 1.29 is 24.0 Å². The van der Waals surface area contributed by atoms with E-state index in [9.17, 15) is 24.5 Å². The first kappa shape index (κ1) is 25.4. The van der Waals surface area contributed by atoms with E-state index >= 15 is 0 Å². The lowest BCUT2D eigenvalue weighted by Crippen LogP contribution is -2.50. The molecule has 11 nitrogen and oxygen atoms in total. The zero-order valence-electron chi connectivity index (χ0n) is 21.0. The number of nitro benzene ring substituents is 1. The number of hydrogen-bond donors (Lipinski definition) is 1. The summed E-state index contributed by atoms with van der Waals surface area (Å²) in [5.74, 6) is -0.923. The van der Waals surface area contributed by atoms with Gasteiger partial charge in [-0.25, -0.2) is 4.79 Å². The van der Waals surface area contributed by atoms with Crippen molar-refractivity contribution in [1.82, 2.24) is 15.1 Å². The summed E-state index contributed by atoms with van der Waals surface area (Å²) in [5, 5.41) is 16.1. The van der Waals surface area contributed by atoms with Crippen LogP contribution in [0.25, 0.3) is 10.8 Å². The van der Waals surface area contributed by atoms with Crippen molar-refractivity contribution in [2.24, 2.45) is 0 Å². The van der Waals surface area contributed by atoms with Crippen molar-refractivity contribution in [2.75, 3.05) is 51.2 Å². The molecule has 36 heavy (non-hydrogen) atoms. The molecule has 0 unspecified atom stereocenters. The number of carbonyl (C=O) groups is 3. The molecule has 0 bridgehead atoms. The van der Waals surface area contributed by atoms with Gasteiger partial charge < -0.3 is 19.9 Å². The van der Waals surface area contributed by atoms with Crippen LogP contribution < -0.4 is 10.2 Å². The van der Waals surface area contributed by atoms with Gasteiger partial charge in [-0.15, -0.1) is 0 Å². The van der Waals surface area contributed by atoms with Crippen molar-refractivity contribution >= 4 is 40.1 Å². The summed E-state index contributed by atoms with van der Waals surface area (Å²) in [5.41, 5.74) is 0.0537. The smallest absolute Gasteiger partial charge is 0.410 e. The van der Waals surface area contributed by atoms with Crippen LogP contribution in [0.4, 0.5) is 16.2 Å². The van der Waals surface area contributed by atoms with E-state index in [1.54, 1.807) is 50.9 Å². The standard InChI is InChI=1S/C25H31N5O6/c1-25(2,3)36-24(33)28-13-11-27(12-14-28)21-16-7-5-8-17-20(16)18(15-19(21)30(34)35)23(32)29(22(17)31)10-6-9-26-4/h5,7-8,15,26H,6,9-14H2,1-4H3. The average molecular weight is 498 g/mol. The number of rotatable bonds is 6. The third-order valence-corrected chi connectivity index (χ3v) is 6.32. The van der Waals surface area contributed by atoms with Crippen LogP contribution in [0.2, 0.25) is 0 Å². The summed E-state index contributed by atoms with van der Waals surface area (Å²) in [6.45, 7) is 7.57. The highest BCUT2D eigenvalue weighted by atomic mass is 16.6. The summed E-state index contributed by atoms with van der Waals surface area (Å²) >= 11 is 0. The number of nitrogens with one attached hydrogen (secondary N) is 1. The number of imide groups is 1. The zero-order chi connectivity index (χ0) is 26.2. The molecule has 4 rings (SSSR count). The minimum Gasteiger partial charge on any atom is -0.444 e. The third-order valence-electron chi connectivity index (χ3n) is 6.32. The minimum atomic E-state index is -0.622. The number of carbonyl (C=O) groups excluding carboxylic acids is 3. The molecule has 2 heterocycles. The number of amides is 3. The monoisotopic (exact) mass is 497 g/mol. The number of piperazine rings is 1. The molecular formula is C25H31N5O6. The summed E-state index contributed by atoms with van der Waals surface area (Å²) in [6.07, 6.45) is 0.143. The van der Waals surface area contributed by atoms with Crippen LogP contribution in [0.15, 0.2) is 24.3 Å². The molecule has 2 aromatic rings. The number of nitro groups is 1. The summed E-state index contributed by atoms with van der Waals surface area (Å²) in [6, 6.07) is 6.34. The molecule has 0 radical (unpaired) electrons. The predicted octanol–water partition coefficient (Wildman–Crippen LogP) is 3.01. The average Bonchev–Trinajstić information content (AvgIpc) is 2.83. The van der Waals surface area contributed by atoms with Crippen molar-refractivity contribution in [3.63, 3.8) is 0 Å². The lowest BCUT2D eigenvalue weighted by molar-refractivity contribution is -0.384. The summed E-state index contributed by atoms with van der Waals surface area (Å²) in [7, 11) is 1.79. The Morgan fingerprint density at radius 2 is 1.78 bits per heavy atom. The first-order valence-corrected chi connectivity index (χ1v) is 12.0. The van der Waals surface area contributed by atoms with Crippen LogP contribution in [0.5, 0.6) is 0 Å². The molecule has 3 amide bonds. The van der Waals surface area contributed by atoms with Crippen LogP contribution in [0.1, 0.15) is 47.9 Å². The maximum atomic E-state index is 13.3. The summed E-state index contributed by atoms with van der Waals surface area (Å²) < 4.78 is 5.45. The van der Waals surface area contributed by atoms with E-state index in [1.807, 2.05) is 4.90 Å². The largest absolute Gasteiger partial charge is 0.444 e. The van der Waals surface area contributed by atoms with Gasteiger partial charge in [-0.1, -0.05) is 12.1 Å². The van der Waals surface area contributed by atoms with Crippen LogP contribution in [0, 0.1) is 10.1 Å². The van der Waals surface area contributed by atoms with Crippen LogP contribution in [-0.2, 0) is 4.74 Å². The molecule has 2 aromatic carbocycles. The molecule has 0 saturated carbocycles. The lowest BCUT2D eigenvalue weighted by Gasteiger charge is -2.37. The maximum absolute atomic E-state index is 13.3. The van der Waals surface area contributed by atoms with Gasteiger partial charge in [-0.2, -0.15) is 0 Å². The molecule has 0 aromatic heterocycles. The maximum Gasteiger partial charge on any atom is 0.410 e. The van der Waals surface area contributed by atoms with Crippen LogP contribution >= 0.6 is 0 Å². The molecule has 1 fully saturated rings. The van der Waals surface area contributed by atoms with Crippen molar-refractivity contribution in [3.05, 3.63) is 45.5 Å². The Labute approximate surface area is 209 Å². The highest BCUT2D eigenvalue weighted by Gasteiger charge is 2.37. The van der Waals surface area contributed by atoms with Gasteiger partial charge in [0, 0.05) is 55.1 Å². The number of ether oxygens (including phenoxy) is 1. The fraction of sp³-hybridized carbons (Fsp3) is 0.480. The SMILES string of the molecule is CNCCCN1C(=O)c2cccc3c(N4CCN(C(=O)OC(C)(C)C)CC4)c([N+](=O)[O-])cc(c23)C1=O. The van der Waals surface area contributed by atoms with Crippen LogP contribution in [-0.4, -0.2) is 84.5 Å². The van der Waals surface area contributed by atoms with Crippen molar-refractivity contribution in [2.45, 2.75) is 32.8 Å². The lowest BCUT2D eigenvalue weighted by atomic mass is 9.91. The zero-order valence-corrected chi connectivity index (χ0v) is 21.0. The van der Waals surface area contributed by atoms with Gasteiger partial charge >= 0.3 is 6.09 Å². The van der Waals surface area contributed by atoms with Crippen molar-refractivity contribution in [1.29, 1.82) is 0 Å². The van der Waals surface area contributed by atoms with Gasteiger partial charge in [0.05, 0.1) is 10.5 Å². The Morgan fingerprint density at radius 3 is 2.39 bits per heavy atom. The second kappa shape index (κ2) is 9.73. The Balaban J connectivity index is 1.72. The number of benzene rings is 2. The number of hydrogen-bond acceptors (Lipinski definition) is 8. The molecule has 1 saturated heterocycles. The molecular weight excluding hydrogens is 466 g/mol. The van der Waals surface area contributed by atoms with Gasteiger partial charge in [0.25, 0.3) is 17.5 Å². The predicted molar refractivity (Wildman–Crippen MR) is 135 cm³/mol. The van der Waals surface area contributed by atoms with E-state index in [4.69, 9.17) is 4.74 Å². The quantitative estimate of drug-likeness (QED) is 0.279. The Kier molecular flexibility index (Phi) is 6.85. The molecule has 11 heteroatoms. The molecule has 192 valence electrons. The van der Waals surface area contributed by atoms with Gasteiger partial charge in [0.1, 0.15) is 11.3 Å². The third kappa shape index (κ3) is 4.70. The molecule has 2 aliphatic heterocycles. The highest BCUT2D eigenvalue weighted by Crippen LogP contribution is 2.42. The Bertz CT molecular complexity index is 1230. The molecule has 0 atom stereocenters. The molecule has 2 aliphatic rings. The van der Waals surface area contributed by atoms with E-state index in [-0.39, 0.29) is 17.8 Å². The fourth-order valence-electron chi connectivity index (χ4n) is 4.71. The Hall–Kier alpha value is -3.73. The van der Waals surface area contributed by atoms with Gasteiger partial charge in [0.15, 0.2) is 0 Å². The molecule has 0 aliphatic carbocycles. The first-order chi connectivity index (χ1) is 17.0. The minimum absolute atomic E-state index is 0.160. The fourth-order valence-corrected chi connectivity index (χ4v) is 4.71. The van der Waals surface area contributed by atoms with E-state index in [0.29, 0.717) is 61.2 Å².